The second-order valence-electron chi connectivity index (χ2n) is 4.57. The van der Waals surface area contributed by atoms with Crippen molar-refractivity contribution in [1.29, 1.82) is 0 Å². The number of rotatable bonds is 8. The standard InChI is InChI=1S/C13H18N4O3S/c18-10-12-3-4-13(15-9-12)21(19,20)16-5-1-2-7-17-8-6-14-11-17/h3-4,6,8-9,11,16,18H,1-2,5,7,10H2. The van der Waals surface area contributed by atoms with E-state index in [4.69, 9.17) is 5.11 Å². The molecule has 114 valence electrons. The molecular weight excluding hydrogens is 292 g/mol. The van der Waals surface area contributed by atoms with Gasteiger partial charge in [-0.15, -0.1) is 0 Å². The van der Waals surface area contributed by atoms with E-state index in [0.717, 1.165) is 19.4 Å². The average molecular weight is 310 g/mol. The number of imidazole rings is 1. The van der Waals surface area contributed by atoms with Crippen molar-refractivity contribution in [1.82, 2.24) is 19.3 Å². The number of pyridine rings is 1. The van der Waals surface area contributed by atoms with Gasteiger partial charge in [0.25, 0.3) is 10.0 Å². The van der Waals surface area contributed by atoms with Gasteiger partial charge in [0.1, 0.15) is 0 Å². The van der Waals surface area contributed by atoms with E-state index < -0.39 is 10.0 Å². The molecule has 8 heteroatoms. The number of unbranched alkanes of at least 4 members (excludes halogenated alkanes) is 1. The van der Waals surface area contributed by atoms with Gasteiger partial charge < -0.3 is 9.67 Å². The highest BCUT2D eigenvalue weighted by Gasteiger charge is 2.14. The van der Waals surface area contributed by atoms with Crippen molar-refractivity contribution in [3.8, 4) is 0 Å². The van der Waals surface area contributed by atoms with Crippen LogP contribution in [0.5, 0.6) is 0 Å². The van der Waals surface area contributed by atoms with Gasteiger partial charge in [-0.25, -0.2) is 23.1 Å². The molecule has 7 nitrogen and oxygen atoms in total. The highest BCUT2D eigenvalue weighted by atomic mass is 32.2. The molecule has 2 aromatic heterocycles. The molecule has 0 unspecified atom stereocenters. The number of hydrogen-bond acceptors (Lipinski definition) is 5. The van der Waals surface area contributed by atoms with Crippen LogP contribution in [0.4, 0.5) is 0 Å². The van der Waals surface area contributed by atoms with Crippen LogP contribution in [-0.4, -0.2) is 34.6 Å². The maximum absolute atomic E-state index is 12.0. The number of aliphatic hydroxyl groups excluding tert-OH is 1. The summed E-state index contributed by atoms with van der Waals surface area (Å²) < 4.78 is 28.4. The Morgan fingerprint density at radius 1 is 1.29 bits per heavy atom. The van der Waals surface area contributed by atoms with Gasteiger partial charge in [0, 0.05) is 31.7 Å². The first-order valence-corrected chi connectivity index (χ1v) is 8.11. The Hall–Kier alpha value is -1.77. The second kappa shape index (κ2) is 7.30. The fraction of sp³-hybridized carbons (Fsp3) is 0.385. The molecule has 0 aliphatic heterocycles. The largest absolute Gasteiger partial charge is 0.392 e. The molecule has 0 spiro atoms. The number of hydrogen-bond donors (Lipinski definition) is 2. The summed E-state index contributed by atoms with van der Waals surface area (Å²) in [6.45, 7) is 1.01. The van der Waals surface area contributed by atoms with Crippen LogP contribution in [0.2, 0.25) is 0 Å². The maximum atomic E-state index is 12.0. The number of aliphatic hydroxyl groups is 1. The minimum absolute atomic E-state index is 0.0330. The van der Waals surface area contributed by atoms with E-state index in [1.54, 1.807) is 18.6 Å². The van der Waals surface area contributed by atoms with Crippen molar-refractivity contribution >= 4 is 10.0 Å². The lowest BCUT2D eigenvalue weighted by Crippen LogP contribution is -2.25. The molecule has 0 fully saturated rings. The molecular formula is C13H18N4O3S. The Bertz CT molecular complexity index is 639. The van der Waals surface area contributed by atoms with Crippen LogP contribution in [0.25, 0.3) is 0 Å². The number of sulfonamides is 1. The van der Waals surface area contributed by atoms with Crippen LogP contribution in [0.3, 0.4) is 0 Å². The minimum atomic E-state index is -3.58. The van der Waals surface area contributed by atoms with E-state index in [1.807, 2.05) is 10.8 Å². The molecule has 0 radical (unpaired) electrons. The monoisotopic (exact) mass is 310 g/mol. The van der Waals surface area contributed by atoms with E-state index in [2.05, 4.69) is 14.7 Å². The summed E-state index contributed by atoms with van der Waals surface area (Å²) in [5.74, 6) is 0. The topological polar surface area (TPSA) is 97.1 Å². The van der Waals surface area contributed by atoms with Gasteiger partial charge in [-0.1, -0.05) is 6.07 Å². The zero-order valence-corrected chi connectivity index (χ0v) is 12.3. The van der Waals surface area contributed by atoms with Gasteiger partial charge in [0.15, 0.2) is 5.03 Å². The van der Waals surface area contributed by atoms with Crippen LogP contribution in [0.1, 0.15) is 18.4 Å². The van der Waals surface area contributed by atoms with Crippen molar-refractivity contribution < 1.29 is 13.5 Å². The van der Waals surface area contributed by atoms with Crippen molar-refractivity contribution in [2.45, 2.75) is 31.0 Å². The summed E-state index contributed by atoms with van der Waals surface area (Å²) in [6.07, 6.45) is 8.26. The third kappa shape index (κ3) is 4.62. The summed E-state index contributed by atoms with van der Waals surface area (Å²) in [7, 11) is -3.58. The molecule has 0 aromatic carbocycles. The van der Waals surface area contributed by atoms with Crippen molar-refractivity contribution in [2.24, 2.45) is 0 Å². The number of nitrogens with zero attached hydrogens (tertiary/aromatic N) is 3. The van der Waals surface area contributed by atoms with Crippen LogP contribution in [-0.2, 0) is 23.2 Å². The van der Waals surface area contributed by atoms with Gasteiger partial charge in [0.2, 0.25) is 0 Å². The van der Waals surface area contributed by atoms with E-state index in [1.165, 1.54) is 12.3 Å². The second-order valence-corrected chi connectivity index (χ2v) is 6.28. The summed E-state index contributed by atoms with van der Waals surface area (Å²) >= 11 is 0. The molecule has 0 aliphatic carbocycles. The zero-order valence-electron chi connectivity index (χ0n) is 11.5. The molecule has 2 heterocycles. The molecule has 0 aliphatic rings. The van der Waals surface area contributed by atoms with E-state index in [-0.39, 0.29) is 11.6 Å². The summed E-state index contributed by atoms with van der Waals surface area (Å²) in [5.41, 5.74) is 0.578. The Morgan fingerprint density at radius 3 is 2.76 bits per heavy atom. The number of aromatic nitrogens is 3. The third-order valence-electron chi connectivity index (χ3n) is 2.95. The molecule has 0 atom stereocenters. The first-order chi connectivity index (χ1) is 10.1. The third-order valence-corrected chi connectivity index (χ3v) is 4.33. The maximum Gasteiger partial charge on any atom is 0.258 e. The summed E-state index contributed by atoms with van der Waals surface area (Å²) in [5, 5.41) is 8.87. The first-order valence-electron chi connectivity index (χ1n) is 6.63. The Morgan fingerprint density at radius 2 is 2.14 bits per heavy atom. The molecule has 2 rings (SSSR count). The van der Waals surface area contributed by atoms with Crippen molar-refractivity contribution in [3.63, 3.8) is 0 Å². The van der Waals surface area contributed by atoms with Gasteiger partial charge in [0.05, 0.1) is 12.9 Å². The Balaban J connectivity index is 1.78. The molecule has 0 amide bonds. The molecule has 0 saturated carbocycles. The van der Waals surface area contributed by atoms with Crippen molar-refractivity contribution in [3.05, 3.63) is 42.6 Å². The summed E-state index contributed by atoms with van der Waals surface area (Å²) in [6, 6.07) is 2.93. The highest BCUT2D eigenvalue weighted by Crippen LogP contribution is 2.06. The van der Waals surface area contributed by atoms with E-state index in [9.17, 15) is 8.42 Å². The minimum Gasteiger partial charge on any atom is -0.392 e. The quantitative estimate of drug-likeness (QED) is 0.693. The number of aryl methyl sites for hydroxylation is 1. The predicted molar refractivity (Wildman–Crippen MR) is 76.8 cm³/mol. The molecule has 0 bridgehead atoms. The fourth-order valence-corrected chi connectivity index (χ4v) is 2.78. The SMILES string of the molecule is O=S(=O)(NCCCCn1ccnc1)c1ccc(CO)cn1. The van der Waals surface area contributed by atoms with Gasteiger partial charge in [-0.2, -0.15) is 0 Å². The van der Waals surface area contributed by atoms with Crippen LogP contribution in [0, 0.1) is 0 Å². The molecule has 2 aromatic rings. The smallest absolute Gasteiger partial charge is 0.258 e. The van der Waals surface area contributed by atoms with Gasteiger partial charge in [-0.3, -0.25) is 0 Å². The normalized spacial score (nSPS) is 11.7. The number of nitrogens with one attached hydrogen (secondary N) is 1. The molecule has 0 saturated heterocycles. The highest BCUT2D eigenvalue weighted by molar-refractivity contribution is 7.89. The molecule has 21 heavy (non-hydrogen) atoms. The van der Waals surface area contributed by atoms with Gasteiger partial charge >= 0.3 is 0 Å². The Labute approximate surface area is 123 Å². The van der Waals surface area contributed by atoms with Crippen LogP contribution in [0.15, 0.2) is 42.1 Å². The lowest BCUT2D eigenvalue weighted by Gasteiger charge is -2.07. The first kappa shape index (κ1) is 15.6. The molecule has 2 N–H and O–H groups in total. The van der Waals surface area contributed by atoms with Gasteiger partial charge in [-0.05, 0) is 24.5 Å². The lowest BCUT2D eigenvalue weighted by atomic mass is 10.3. The van der Waals surface area contributed by atoms with E-state index >= 15 is 0 Å². The Kier molecular flexibility index (Phi) is 5.43. The van der Waals surface area contributed by atoms with E-state index in [0.29, 0.717) is 12.1 Å². The zero-order chi connectivity index (χ0) is 15.1. The average Bonchev–Trinajstić information content (AvgIpc) is 3.00. The fourth-order valence-electron chi connectivity index (χ4n) is 1.78. The summed E-state index contributed by atoms with van der Waals surface area (Å²) in [4.78, 5) is 7.78. The lowest BCUT2D eigenvalue weighted by molar-refractivity contribution is 0.281. The van der Waals surface area contributed by atoms with Crippen LogP contribution >= 0.6 is 0 Å². The predicted octanol–water partition coefficient (Wildman–Crippen LogP) is 0.529. The van der Waals surface area contributed by atoms with Crippen molar-refractivity contribution in [2.75, 3.05) is 6.54 Å². The van der Waals surface area contributed by atoms with Crippen LogP contribution < -0.4 is 4.72 Å².